The van der Waals surface area contributed by atoms with Crippen LogP contribution in [0.1, 0.15) is 16.8 Å². The Morgan fingerprint density at radius 2 is 2.00 bits per heavy atom. The molecule has 0 saturated carbocycles. The van der Waals surface area contributed by atoms with E-state index < -0.39 is 0 Å². The second kappa shape index (κ2) is 6.99. The lowest BCUT2D eigenvalue weighted by Crippen LogP contribution is -2.28. The maximum Gasteiger partial charge on any atom is 0.253 e. The van der Waals surface area contributed by atoms with E-state index in [1.165, 1.54) is 0 Å². The van der Waals surface area contributed by atoms with Gasteiger partial charge >= 0.3 is 0 Å². The van der Waals surface area contributed by atoms with Crippen LogP contribution in [0.5, 0.6) is 0 Å². The molecule has 5 nitrogen and oxygen atoms in total. The van der Waals surface area contributed by atoms with Gasteiger partial charge < -0.3 is 20.3 Å². The fraction of sp³-hybridized carbons (Fsp3) is 0.500. The fourth-order valence-corrected chi connectivity index (χ4v) is 1.86. The van der Waals surface area contributed by atoms with Crippen molar-refractivity contribution in [1.82, 2.24) is 4.90 Å². The molecular formula is C14H23N3O2. The van der Waals surface area contributed by atoms with E-state index in [1.807, 2.05) is 25.1 Å². The second-order valence-corrected chi connectivity index (χ2v) is 4.74. The lowest BCUT2D eigenvalue weighted by Gasteiger charge is -2.19. The van der Waals surface area contributed by atoms with Gasteiger partial charge in [0.2, 0.25) is 0 Å². The fourth-order valence-electron chi connectivity index (χ4n) is 1.86. The maximum absolute atomic E-state index is 12.2. The van der Waals surface area contributed by atoms with Crippen LogP contribution < -0.4 is 10.6 Å². The number of anilines is 2. The quantitative estimate of drug-likeness (QED) is 0.624. The molecule has 0 spiro atoms. The number of methoxy groups -OCH3 is 1. The molecule has 0 radical (unpaired) electrons. The highest BCUT2D eigenvalue weighted by Gasteiger charge is 2.13. The maximum atomic E-state index is 12.2. The molecule has 0 atom stereocenters. The Morgan fingerprint density at radius 3 is 2.53 bits per heavy atom. The largest absolute Gasteiger partial charge is 0.397 e. The predicted molar refractivity (Wildman–Crippen MR) is 78.6 cm³/mol. The number of benzene rings is 1. The van der Waals surface area contributed by atoms with E-state index in [0.717, 1.165) is 12.1 Å². The molecule has 0 aromatic heterocycles. The van der Waals surface area contributed by atoms with Crippen LogP contribution in [0.15, 0.2) is 18.2 Å². The summed E-state index contributed by atoms with van der Waals surface area (Å²) in [5, 5.41) is 0. The Kier molecular flexibility index (Phi) is 5.63. The first-order valence-electron chi connectivity index (χ1n) is 6.28. The molecule has 19 heavy (non-hydrogen) atoms. The van der Waals surface area contributed by atoms with E-state index in [2.05, 4.69) is 0 Å². The molecule has 0 saturated heterocycles. The minimum atomic E-state index is -0.0203. The summed E-state index contributed by atoms with van der Waals surface area (Å²) in [5.41, 5.74) is 8.09. The van der Waals surface area contributed by atoms with Crippen molar-refractivity contribution in [2.45, 2.75) is 6.42 Å². The minimum absolute atomic E-state index is 0.0203. The number of nitrogen functional groups attached to an aromatic ring is 1. The number of nitrogens with zero attached hydrogens (tertiary/aromatic N) is 2. The molecule has 0 aliphatic carbocycles. The Morgan fingerprint density at radius 1 is 1.32 bits per heavy atom. The van der Waals surface area contributed by atoms with Gasteiger partial charge in [0.25, 0.3) is 5.91 Å². The van der Waals surface area contributed by atoms with Gasteiger partial charge in [-0.15, -0.1) is 0 Å². The van der Waals surface area contributed by atoms with Crippen LogP contribution in [0.25, 0.3) is 0 Å². The predicted octanol–water partition coefficient (Wildman–Crippen LogP) is 1.44. The molecule has 5 heteroatoms. The minimum Gasteiger partial charge on any atom is -0.397 e. The first-order valence-corrected chi connectivity index (χ1v) is 6.28. The van der Waals surface area contributed by atoms with Crippen LogP contribution >= 0.6 is 0 Å². The van der Waals surface area contributed by atoms with Crippen molar-refractivity contribution in [1.29, 1.82) is 0 Å². The summed E-state index contributed by atoms with van der Waals surface area (Å²) < 4.78 is 4.98. The first kappa shape index (κ1) is 15.3. The van der Waals surface area contributed by atoms with Crippen LogP contribution in [-0.2, 0) is 4.74 Å². The van der Waals surface area contributed by atoms with Gasteiger partial charge in [0.1, 0.15) is 0 Å². The Bertz CT molecular complexity index is 433. The third-order valence-electron chi connectivity index (χ3n) is 2.94. The van der Waals surface area contributed by atoms with Crippen LogP contribution in [0.4, 0.5) is 11.4 Å². The van der Waals surface area contributed by atoms with Crippen LogP contribution in [-0.4, -0.2) is 52.2 Å². The summed E-state index contributed by atoms with van der Waals surface area (Å²) in [5.74, 6) is -0.0203. The number of rotatable bonds is 6. The van der Waals surface area contributed by atoms with Gasteiger partial charge in [-0.3, -0.25) is 4.79 Å². The van der Waals surface area contributed by atoms with E-state index in [0.29, 0.717) is 24.4 Å². The van der Waals surface area contributed by atoms with E-state index in [1.54, 1.807) is 31.2 Å². The molecule has 106 valence electrons. The number of carbonyl (C=O) groups is 1. The third-order valence-corrected chi connectivity index (χ3v) is 2.94. The van der Waals surface area contributed by atoms with Crippen molar-refractivity contribution in [2.75, 3.05) is 52.0 Å². The third kappa shape index (κ3) is 4.13. The standard InChI is InChI=1S/C14H23N3O2/c1-16(2)13-7-6-11(10-12(13)15)14(18)17(3)8-5-9-19-4/h6-7,10H,5,8-9,15H2,1-4H3. The molecule has 1 aromatic carbocycles. The van der Waals surface area contributed by atoms with E-state index in [4.69, 9.17) is 10.5 Å². The van der Waals surface area contributed by atoms with Crippen molar-refractivity contribution in [3.8, 4) is 0 Å². The smallest absolute Gasteiger partial charge is 0.253 e. The molecule has 0 unspecified atom stereocenters. The number of hydrogen-bond acceptors (Lipinski definition) is 4. The average Bonchev–Trinajstić information content (AvgIpc) is 2.37. The summed E-state index contributed by atoms with van der Waals surface area (Å²) in [4.78, 5) is 15.8. The summed E-state index contributed by atoms with van der Waals surface area (Å²) in [6, 6.07) is 5.40. The zero-order valence-electron chi connectivity index (χ0n) is 12.1. The molecule has 0 aliphatic heterocycles. The van der Waals surface area contributed by atoms with Gasteiger partial charge in [-0.25, -0.2) is 0 Å². The lowest BCUT2D eigenvalue weighted by molar-refractivity contribution is 0.0779. The van der Waals surface area contributed by atoms with Crippen molar-refractivity contribution < 1.29 is 9.53 Å². The van der Waals surface area contributed by atoms with Crippen LogP contribution in [0.2, 0.25) is 0 Å². The number of amides is 1. The second-order valence-electron chi connectivity index (χ2n) is 4.74. The van der Waals surface area contributed by atoms with Gasteiger partial charge in [-0.05, 0) is 24.6 Å². The van der Waals surface area contributed by atoms with Crippen molar-refractivity contribution in [3.05, 3.63) is 23.8 Å². The zero-order valence-corrected chi connectivity index (χ0v) is 12.1. The van der Waals surface area contributed by atoms with E-state index >= 15 is 0 Å². The van der Waals surface area contributed by atoms with Gasteiger partial charge in [0, 0.05) is 47.0 Å². The van der Waals surface area contributed by atoms with E-state index in [9.17, 15) is 4.79 Å². The first-order chi connectivity index (χ1) is 8.97. The van der Waals surface area contributed by atoms with Gasteiger partial charge in [0.05, 0.1) is 11.4 Å². The highest BCUT2D eigenvalue weighted by atomic mass is 16.5. The number of ether oxygens (including phenoxy) is 1. The molecule has 1 aromatic rings. The lowest BCUT2D eigenvalue weighted by atomic mass is 10.1. The van der Waals surface area contributed by atoms with Gasteiger partial charge in [-0.1, -0.05) is 0 Å². The Hall–Kier alpha value is -1.75. The topological polar surface area (TPSA) is 58.8 Å². The summed E-state index contributed by atoms with van der Waals surface area (Å²) in [6.45, 7) is 1.32. The highest BCUT2D eigenvalue weighted by Crippen LogP contribution is 2.22. The summed E-state index contributed by atoms with van der Waals surface area (Å²) in [7, 11) is 7.28. The molecule has 2 N–H and O–H groups in total. The molecule has 0 aliphatic rings. The molecule has 0 bridgehead atoms. The summed E-state index contributed by atoms with van der Waals surface area (Å²) in [6.07, 6.45) is 0.823. The van der Waals surface area contributed by atoms with Crippen molar-refractivity contribution >= 4 is 17.3 Å². The molecule has 0 fully saturated rings. The number of nitrogens with two attached hydrogens (primary N) is 1. The molecular weight excluding hydrogens is 242 g/mol. The molecule has 0 heterocycles. The normalized spacial score (nSPS) is 10.3. The molecule has 1 rings (SSSR count). The van der Waals surface area contributed by atoms with Crippen molar-refractivity contribution in [2.24, 2.45) is 0 Å². The van der Waals surface area contributed by atoms with Crippen LogP contribution in [0.3, 0.4) is 0 Å². The highest BCUT2D eigenvalue weighted by molar-refractivity contribution is 5.96. The zero-order chi connectivity index (χ0) is 14.4. The number of hydrogen-bond donors (Lipinski definition) is 1. The summed E-state index contributed by atoms with van der Waals surface area (Å²) >= 11 is 0. The Balaban J connectivity index is 2.74. The SMILES string of the molecule is COCCCN(C)C(=O)c1ccc(N(C)C)c(N)c1. The van der Waals surface area contributed by atoms with Gasteiger partial charge in [0.15, 0.2) is 0 Å². The Labute approximate surface area is 114 Å². The average molecular weight is 265 g/mol. The van der Waals surface area contributed by atoms with E-state index in [-0.39, 0.29) is 5.91 Å². The molecule has 1 amide bonds. The number of carbonyl (C=O) groups excluding carboxylic acids is 1. The van der Waals surface area contributed by atoms with Crippen LogP contribution in [0, 0.1) is 0 Å². The monoisotopic (exact) mass is 265 g/mol. The van der Waals surface area contributed by atoms with Gasteiger partial charge in [-0.2, -0.15) is 0 Å². The van der Waals surface area contributed by atoms with Crippen molar-refractivity contribution in [3.63, 3.8) is 0 Å².